The van der Waals surface area contributed by atoms with Gasteiger partial charge in [0.2, 0.25) is 0 Å². The highest BCUT2D eigenvalue weighted by Crippen LogP contribution is 2.23. The van der Waals surface area contributed by atoms with Crippen LogP contribution < -0.4 is 15.4 Å². The van der Waals surface area contributed by atoms with E-state index in [0.29, 0.717) is 23.9 Å². The Morgan fingerprint density at radius 3 is 2.83 bits per heavy atom. The molecule has 1 aromatic carbocycles. The van der Waals surface area contributed by atoms with E-state index in [1.165, 1.54) is 4.88 Å². The van der Waals surface area contributed by atoms with E-state index in [9.17, 15) is 0 Å². The Kier molecular flexibility index (Phi) is 7.34. The number of nitrogens with one attached hydrogen (secondary N) is 2. The Bertz CT molecular complexity index is 674. The summed E-state index contributed by atoms with van der Waals surface area (Å²) in [5.74, 6) is 1.41. The predicted molar refractivity (Wildman–Crippen MR) is 101 cm³/mol. The summed E-state index contributed by atoms with van der Waals surface area (Å²) in [4.78, 5) is 9.89. The van der Waals surface area contributed by atoms with E-state index in [2.05, 4.69) is 27.5 Å². The van der Waals surface area contributed by atoms with Gasteiger partial charge in [0.1, 0.15) is 16.9 Å². The van der Waals surface area contributed by atoms with Crippen LogP contribution in [0.5, 0.6) is 5.75 Å². The van der Waals surface area contributed by atoms with E-state index in [0.717, 1.165) is 17.4 Å². The van der Waals surface area contributed by atoms with Gasteiger partial charge in [-0.3, -0.25) is 4.99 Å². The number of nitrogens with zero attached hydrogens (tertiary/aromatic N) is 2. The fourth-order valence-corrected chi connectivity index (χ4v) is 2.99. The van der Waals surface area contributed by atoms with Crippen LogP contribution in [0.3, 0.4) is 0 Å². The number of rotatable bonds is 7. The molecule has 7 heteroatoms. The minimum absolute atomic E-state index is 0.0463. The first kappa shape index (κ1) is 18.5. The molecule has 0 amide bonds. The quantitative estimate of drug-likeness (QED) is 0.581. The molecule has 130 valence electrons. The van der Waals surface area contributed by atoms with Crippen LogP contribution in [0.2, 0.25) is 5.02 Å². The van der Waals surface area contributed by atoms with Crippen LogP contribution in [0.25, 0.3) is 0 Å². The van der Waals surface area contributed by atoms with Gasteiger partial charge in [-0.25, -0.2) is 4.98 Å². The monoisotopic (exact) mass is 366 g/mol. The van der Waals surface area contributed by atoms with Crippen molar-refractivity contribution in [1.29, 1.82) is 0 Å². The number of thiazole rings is 1. The molecular weight excluding hydrogens is 344 g/mol. The third kappa shape index (κ3) is 5.69. The summed E-state index contributed by atoms with van der Waals surface area (Å²) in [5, 5.41) is 8.17. The summed E-state index contributed by atoms with van der Waals surface area (Å²) >= 11 is 7.82. The number of halogens is 1. The van der Waals surface area contributed by atoms with Gasteiger partial charge >= 0.3 is 0 Å². The Morgan fingerprint density at radius 2 is 2.17 bits per heavy atom. The van der Waals surface area contributed by atoms with E-state index in [1.807, 2.05) is 37.4 Å². The first-order valence-corrected chi connectivity index (χ1v) is 9.11. The lowest BCUT2D eigenvalue weighted by atomic mass is 10.3. The van der Waals surface area contributed by atoms with Crippen LogP contribution in [0, 0.1) is 0 Å². The van der Waals surface area contributed by atoms with Crippen molar-refractivity contribution in [3.05, 3.63) is 45.4 Å². The molecule has 1 heterocycles. The van der Waals surface area contributed by atoms with Crippen molar-refractivity contribution in [3.8, 4) is 5.75 Å². The lowest BCUT2D eigenvalue weighted by molar-refractivity contribution is 0.224. The lowest BCUT2D eigenvalue weighted by Crippen LogP contribution is -2.41. The standard InChI is InChI=1S/C17H23ClN4OS/c1-4-13-10-20-16(24-13)11-22-17(19-3)21-9-12(2)23-15-8-6-5-7-14(15)18/h5-8,10,12H,4,9,11H2,1-3H3,(H2,19,21,22). The van der Waals surface area contributed by atoms with Crippen LogP contribution in [0.15, 0.2) is 35.5 Å². The zero-order chi connectivity index (χ0) is 17.4. The van der Waals surface area contributed by atoms with Gasteiger partial charge in [0.05, 0.1) is 18.1 Å². The molecular formula is C17H23ClN4OS. The Labute approximate surface area is 152 Å². The van der Waals surface area contributed by atoms with Gasteiger partial charge in [-0.05, 0) is 25.5 Å². The Balaban J connectivity index is 1.77. The summed E-state index contributed by atoms with van der Waals surface area (Å²) < 4.78 is 5.83. The number of hydrogen-bond donors (Lipinski definition) is 2. The highest BCUT2D eigenvalue weighted by molar-refractivity contribution is 7.11. The zero-order valence-electron chi connectivity index (χ0n) is 14.2. The van der Waals surface area contributed by atoms with Crippen molar-refractivity contribution < 1.29 is 4.74 Å². The average Bonchev–Trinajstić information content (AvgIpc) is 3.05. The molecule has 5 nitrogen and oxygen atoms in total. The second-order valence-electron chi connectivity index (χ2n) is 5.24. The van der Waals surface area contributed by atoms with Crippen molar-refractivity contribution in [2.24, 2.45) is 4.99 Å². The van der Waals surface area contributed by atoms with Crippen LogP contribution in [0.1, 0.15) is 23.7 Å². The largest absolute Gasteiger partial charge is 0.487 e. The molecule has 0 aliphatic heterocycles. The topological polar surface area (TPSA) is 58.5 Å². The van der Waals surface area contributed by atoms with Gasteiger partial charge in [-0.1, -0.05) is 30.7 Å². The summed E-state index contributed by atoms with van der Waals surface area (Å²) in [7, 11) is 1.74. The van der Waals surface area contributed by atoms with Gasteiger partial charge in [0.25, 0.3) is 0 Å². The van der Waals surface area contributed by atoms with Gasteiger partial charge < -0.3 is 15.4 Å². The van der Waals surface area contributed by atoms with Crippen LogP contribution >= 0.6 is 22.9 Å². The third-order valence-corrected chi connectivity index (χ3v) is 4.76. The van der Waals surface area contributed by atoms with E-state index < -0.39 is 0 Å². The molecule has 1 aromatic heterocycles. The predicted octanol–water partition coefficient (Wildman–Crippen LogP) is 3.49. The van der Waals surface area contributed by atoms with E-state index >= 15 is 0 Å². The molecule has 0 aliphatic carbocycles. The molecule has 0 radical (unpaired) electrons. The molecule has 2 aromatic rings. The summed E-state index contributed by atoms with van der Waals surface area (Å²) in [6.07, 6.45) is 2.90. The number of aryl methyl sites for hydroxylation is 1. The second kappa shape index (κ2) is 9.49. The van der Waals surface area contributed by atoms with Crippen molar-refractivity contribution in [2.75, 3.05) is 13.6 Å². The SMILES string of the molecule is CCc1cnc(CNC(=NC)NCC(C)Oc2ccccc2Cl)s1. The molecule has 0 bridgehead atoms. The van der Waals surface area contributed by atoms with Gasteiger partial charge in [-0.15, -0.1) is 11.3 Å². The first-order valence-electron chi connectivity index (χ1n) is 7.91. The third-order valence-electron chi connectivity index (χ3n) is 3.30. The highest BCUT2D eigenvalue weighted by atomic mass is 35.5. The summed E-state index contributed by atoms with van der Waals surface area (Å²) in [5.41, 5.74) is 0. The number of aliphatic imine (C=N–C) groups is 1. The molecule has 2 N–H and O–H groups in total. The van der Waals surface area contributed by atoms with Crippen molar-refractivity contribution in [2.45, 2.75) is 32.9 Å². The van der Waals surface area contributed by atoms with Crippen LogP contribution in [-0.4, -0.2) is 30.6 Å². The normalized spacial score (nSPS) is 12.8. The molecule has 0 spiro atoms. The fourth-order valence-electron chi connectivity index (χ4n) is 2.01. The van der Waals surface area contributed by atoms with Crippen molar-refractivity contribution in [1.82, 2.24) is 15.6 Å². The Hall–Kier alpha value is -1.79. The minimum atomic E-state index is -0.0463. The molecule has 24 heavy (non-hydrogen) atoms. The summed E-state index contributed by atoms with van der Waals surface area (Å²) in [6.45, 7) is 5.39. The van der Waals surface area contributed by atoms with Gasteiger partial charge in [0, 0.05) is 18.1 Å². The van der Waals surface area contributed by atoms with Crippen molar-refractivity contribution >= 4 is 28.9 Å². The molecule has 0 saturated heterocycles. The van der Waals surface area contributed by atoms with Gasteiger partial charge in [0.15, 0.2) is 5.96 Å². The number of hydrogen-bond acceptors (Lipinski definition) is 4. The molecule has 0 fully saturated rings. The second-order valence-corrected chi connectivity index (χ2v) is 6.85. The zero-order valence-corrected chi connectivity index (χ0v) is 15.7. The minimum Gasteiger partial charge on any atom is -0.487 e. The van der Waals surface area contributed by atoms with Gasteiger partial charge in [-0.2, -0.15) is 0 Å². The molecule has 0 aliphatic rings. The maximum atomic E-state index is 6.10. The molecule has 1 atom stereocenters. The Morgan fingerprint density at radius 1 is 1.38 bits per heavy atom. The van der Waals surface area contributed by atoms with E-state index in [4.69, 9.17) is 16.3 Å². The molecule has 1 unspecified atom stereocenters. The number of benzene rings is 1. The average molecular weight is 367 g/mol. The summed E-state index contributed by atoms with van der Waals surface area (Å²) in [6, 6.07) is 7.46. The number of para-hydroxylation sites is 1. The lowest BCUT2D eigenvalue weighted by Gasteiger charge is -2.18. The maximum absolute atomic E-state index is 6.10. The van der Waals surface area contributed by atoms with Crippen LogP contribution in [-0.2, 0) is 13.0 Å². The number of ether oxygens (including phenoxy) is 1. The smallest absolute Gasteiger partial charge is 0.191 e. The van der Waals surface area contributed by atoms with Crippen molar-refractivity contribution in [3.63, 3.8) is 0 Å². The highest BCUT2D eigenvalue weighted by Gasteiger charge is 2.08. The van der Waals surface area contributed by atoms with E-state index in [-0.39, 0.29) is 6.10 Å². The maximum Gasteiger partial charge on any atom is 0.191 e. The molecule has 2 rings (SSSR count). The number of guanidine groups is 1. The first-order chi connectivity index (χ1) is 11.6. The van der Waals surface area contributed by atoms with E-state index in [1.54, 1.807) is 18.4 Å². The fraction of sp³-hybridized carbons (Fsp3) is 0.412. The molecule has 0 saturated carbocycles. The van der Waals surface area contributed by atoms with Crippen LogP contribution in [0.4, 0.5) is 0 Å². The number of aromatic nitrogens is 1.